The van der Waals surface area contributed by atoms with Crippen LogP contribution >= 0.6 is 0 Å². The summed E-state index contributed by atoms with van der Waals surface area (Å²) in [6.07, 6.45) is -0.720. The maximum atomic E-state index is 11.9. The molecule has 0 aliphatic heterocycles. The molecule has 2 aromatic carbocycles. The van der Waals surface area contributed by atoms with Crippen molar-refractivity contribution in [2.75, 3.05) is 0 Å². The minimum absolute atomic E-state index is 0.388. The number of carbonyl (C=O) groups excluding carboxylic acids is 1. The molecule has 4 heteroatoms. The Morgan fingerprint density at radius 1 is 1.14 bits per heavy atom. The molecular weight excluding hydrogens is 266 g/mol. The molecule has 0 aliphatic rings. The molecule has 0 unspecified atom stereocenters. The molecule has 0 amide bonds. The van der Waals surface area contributed by atoms with Crippen molar-refractivity contribution in [1.29, 1.82) is 5.26 Å². The molecule has 2 rings (SSSR count). The first kappa shape index (κ1) is 14.6. The van der Waals surface area contributed by atoms with Crippen LogP contribution in [0.15, 0.2) is 48.5 Å². The fourth-order valence-electron chi connectivity index (χ4n) is 1.74. The van der Waals surface area contributed by atoms with E-state index in [1.165, 1.54) is 0 Å². The monoisotopic (exact) mass is 281 g/mol. The molecule has 4 nitrogen and oxygen atoms in total. The van der Waals surface area contributed by atoms with Crippen LogP contribution in [0.4, 0.5) is 0 Å². The van der Waals surface area contributed by atoms with Crippen LogP contribution in [-0.4, -0.2) is 12.1 Å². The van der Waals surface area contributed by atoms with Crippen molar-refractivity contribution in [2.45, 2.75) is 20.0 Å². The Morgan fingerprint density at radius 3 is 2.48 bits per heavy atom. The molecule has 0 heterocycles. The van der Waals surface area contributed by atoms with Crippen molar-refractivity contribution in [3.05, 3.63) is 59.7 Å². The van der Waals surface area contributed by atoms with Crippen molar-refractivity contribution in [1.82, 2.24) is 0 Å². The van der Waals surface area contributed by atoms with E-state index in [1.54, 1.807) is 37.3 Å². The number of rotatable bonds is 4. The van der Waals surface area contributed by atoms with E-state index in [1.807, 2.05) is 31.2 Å². The van der Waals surface area contributed by atoms with Crippen molar-refractivity contribution < 1.29 is 14.3 Å². The smallest absolute Gasteiger partial charge is 0.352 e. The Morgan fingerprint density at radius 2 is 1.86 bits per heavy atom. The first-order chi connectivity index (χ1) is 10.1. The number of nitriles is 1. The first-order valence-electron chi connectivity index (χ1n) is 6.53. The highest BCUT2D eigenvalue weighted by molar-refractivity contribution is 5.77. The summed E-state index contributed by atoms with van der Waals surface area (Å²) in [5.41, 5.74) is 1.57. The Hall–Kier alpha value is -2.80. The fraction of sp³-hybridized carbons (Fsp3) is 0.176. The summed E-state index contributed by atoms with van der Waals surface area (Å²) in [5.74, 6) is 0.527. The summed E-state index contributed by atoms with van der Waals surface area (Å²) in [6.45, 7) is 3.58. The highest BCUT2D eigenvalue weighted by Gasteiger charge is 2.17. The lowest BCUT2D eigenvalue weighted by Gasteiger charge is -2.14. The average molecular weight is 281 g/mol. The number of ether oxygens (including phenoxy) is 2. The number of carbonyl (C=O) groups is 1. The van der Waals surface area contributed by atoms with Gasteiger partial charge in [-0.1, -0.05) is 12.1 Å². The van der Waals surface area contributed by atoms with E-state index in [4.69, 9.17) is 14.7 Å². The van der Waals surface area contributed by atoms with Crippen LogP contribution in [0.3, 0.4) is 0 Å². The summed E-state index contributed by atoms with van der Waals surface area (Å²) >= 11 is 0. The molecule has 2 aromatic rings. The molecule has 106 valence electrons. The van der Waals surface area contributed by atoms with E-state index in [2.05, 4.69) is 0 Å². The molecule has 0 N–H and O–H groups in total. The van der Waals surface area contributed by atoms with E-state index in [0.717, 1.165) is 5.56 Å². The molecule has 0 saturated heterocycles. The molecule has 1 atom stereocenters. The first-order valence-corrected chi connectivity index (χ1v) is 6.53. The van der Waals surface area contributed by atoms with E-state index >= 15 is 0 Å². The third-order valence-electron chi connectivity index (χ3n) is 2.84. The minimum atomic E-state index is -0.720. The van der Waals surface area contributed by atoms with Gasteiger partial charge in [0.2, 0.25) is 0 Å². The zero-order valence-corrected chi connectivity index (χ0v) is 11.9. The predicted molar refractivity (Wildman–Crippen MR) is 78.1 cm³/mol. The van der Waals surface area contributed by atoms with Gasteiger partial charge in [0.1, 0.15) is 11.5 Å². The molecule has 0 spiro atoms. The van der Waals surface area contributed by atoms with Crippen molar-refractivity contribution in [2.24, 2.45) is 0 Å². The zero-order chi connectivity index (χ0) is 15.2. The van der Waals surface area contributed by atoms with Gasteiger partial charge in [0, 0.05) is 0 Å². The third kappa shape index (κ3) is 4.08. The van der Waals surface area contributed by atoms with Gasteiger partial charge in [0.05, 0.1) is 11.6 Å². The number of hydrogen-bond donors (Lipinski definition) is 0. The summed E-state index contributed by atoms with van der Waals surface area (Å²) in [6, 6.07) is 15.8. The van der Waals surface area contributed by atoms with Crippen molar-refractivity contribution >= 4 is 5.97 Å². The van der Waals surface area contributed by atoms with Crippen LogP contribution < -0.4 is 9.47 Å². The van der Waals surface area contributed by atoms with Gasteiger partial charge >= 0.3 is 5.97 Å². The Labute approximate surface area is 123 Å². The van der Waals surface area contributed by atoms with Gasteiger partial charge in [0.15, 0.2) is 6.10 Å². The van der Waals surface area contributed by atoms with Gasteiger partial charge in [-0.3, -0.25) is 0 Å². The van der Waals surface area contributed by atoms with Gasteiger partial charge in [-0.05, 0) is 55.8 Å². The maximum Gasteiger partial charge on any atom is 0.352 e. The maximum absolute atomic E-state index is 11.9. The van der Waals surface area contributed by atoms with E-state index in [0.29, 0.717) is 17.1 Å². The van der Waals surface area contributed by atoms with E-state index < -0.39 is 12.1 Å². The highest BCUT2D eigenvalue weighted by atomic mass is 16.6. The lowest BCUT2D eigenvalue weighted by atomic mass is 10.2. The Kier molecular flexibility index (Phi) is 4.57. The van der Waals surface area contributed by atoms with Gasteiger partial charge in [-0.2, -0.15) is 5.26 Å². The summed E-state index contributed by atoms with van der Waals surface area (Å²) < 4.78 is 10.8. The third-order valence-corrected chi connectivity index (χ3v) is 2.84. The highest BCUT2D eigenvalue weighted by Crippen LogP contribution is 2.16. The number of benzene rings is 2. The molecule has 0 fully saturated rings. The number of nitrogens with zero attached hydrogens (tertiary/aromatic N) is 1. The largest absolute Gasteiger partial charge is 0.479 e. The Balaban J connectivity index is 1.97. The lowest BCUT2D eigenvalue weighted by molar-refractivity contribution is -0.141. The SMILES string of the molecule is Cc1cccc(O[C@@H](C)C(=O)Oc2ccc(C#N)cc2)c1. The molecular formula is C17H15NO3. The number of esters is 1. The van der Waals surface area contributed by atoms with Crippen molar-refractivity contribution in [3.8, 4) is 17.6 Å². The average Bonchev–Trinajstić information content (AvgIpc) is 2.48. The molecule has 0 saturated carbocycles. The standard InChI is InChI=1S/C17H15NO3/c1-12-4-3-5-16(10-12)20-13(2)17(19)21-15-8-6-14(11-18)7-9-15/h3-10,13H,1-2H3/t13-/m0/s1. The summed E-state index contributed by atoms with van der Waals surface area (Å²) in [7, 11) is 0. The second-order valence-corrected chi connectivity index (χ2v) is 4.63. The van der Waals surface area contributed by atoms with Gasteiger partial charge < -0.3 is 9.47 Å². The summed E-state index contributed by atoms with van der Waals surface area (Å²) in [5, 5.41) is 8.71. The zero-order valence-electron chi connectivity index (χ0n) is 11.9. The Bertz CT molecular complexity index is 671. The fourth-order valence-corrected chi connectivity index (χ4v) is 1.74. The van der Waals surface area contributed by atoms with Crippen LogP contribution in [0.25, 0.3) is 0 Å². The quantitative estimate of drug-likeness (QED) is 0.637. The normalized spacial score (nSPS) is 11.3. The molecule has 0 bridgehead atoms. The minimum Gasteiger partial charge on any atom is -0.479 e. The second kappa shape index (κ2) is 6.58. The number of hydrogen-bond acceptors (Lipinski definition) is 4. The number of aryl methyl sites for hydroxylation is 1. The van der Waals surface area contributed by atoms with Crippen LogP contribution in [0.1, 0.15) is 18.1 Å². The van der Waals surface area contributed by atoms with Gasteiger partial charge in [-0.25, -0.2) is 4.79 Å². The topological polar surface area (TPSA) is 59.3 Å². The van der Waals surface area contributed by atoms with Crippen LogP contribution in [0.5, 0.6) is 11.5 Å². The van der Waals surface area contributed by atoms with Crippen LogP contribution in [-0.2, 0) is 4.79 Å². The van der Waals surface area contributed by atoms with Gasteiger partial charge in [0.25, 0.3) is 0 Å². The van der Waals surface area contributed by atoms with Crippen LogP contribution in [0, 0.1) is 18.3 Å². The molecule has 21 heavy (non-hydrogen) atoms. The summed E-state index contributed by atoms with van der Waals surface area (Å²) in [4.78, 5) is 11.9. The second-order valence-electron chi connectivity index (χ2n) is 4.63. The van der Waals surface area contributed by atoms with Gasteiger partial charge in [-0.15, -0.1) is 0 Å². The molecule has 0 aromatic heterocycles. The molecule has 0 radical (unpaired) electrons. The predicted octanol–water partition coefficient (Wildman–Crippen LogP) is 3.24. The van der Waals surface area contributed by atoms with E-state index in [-0.39, 0.29) is 0 Å². The lowest BCUT2D eigenvalue weighted by Crippen LogP contribution is -2.28. The van der Waals surface area contributed by atoms with Crippen LogP contribution in [0.2, 0.25) is 0 Å². The van der Waals surface area contributed by atoms with Crippen molar-refractivity contribution in [3.63, 3.8) is 0 Å². The van der Waals surface area contributed by atoms with E-state index in [9.17, 15) is 4.79 Å². The molecule has 0 aliphatic carbocycles.